The molecule has 0 saturated heterocycles. The molecule has 0 aromatic rings. The molecule has 0 aromatic heterocycles. The van der Waals surface area contributed by atoms with Gasteiger partial charge in [0, 0.05) is 20.3 Å². The Morgan fingerprint density at radius 2 is 1.94 bits per heavy atom. The summed E-state index contributed by atoms with van der Waals surface area (Å²) in [5.74, 6) is -0.0867. The summed E-state index contributed by atoms with van der Waals surface area (Å²) in [4.78, 5) is 22.1. The Morgan fingerprint density at radius 3 is 2.41 bits per heavy atom. The zero-order chi connectivity index (χ0) is 13.1. The van der Waals surface area contributed by atoms with E-state index in [-0.39, 0.29) is 17.9 Å². The highest BCUT2D eigenvalue weighted by atomic mass is 16.6. The number of hydrogen-bond donors (Lipinski definition) is 0. The lowest BCUT2D eigenvalue weighted by Crippen LogP contribution is -2.39. The first-order valence-electron chi connectivity index (χ1n) is 5.62. The Labute approximate surface area is 101 Å². The molecule has 0 bridgehead atoms. The van der Waals surface area contributed by atoms with Gasteiger partial charge in [0.1, 0.15) is 11.4 Å². The fourth-order valence-corrected chi connectivity index (χ4v) is 1.82. The third kappa shape index (κ3) is 3.44. The summed E-state index contributed by atoms with van der Waals surface area (Å²) < 4.78 is 10.5. The summed E-state index contributed by atoms with van der Waals surface area (Å²) in [5, 5.41) is 0. The van der Waals surface area contributed by atoms with Gasteiger partial charge in [-0.05, 0) is 18.1 Å². The molecule has 0 fully saturated rings. The van der Waals surface area contributed by atoms with E-state index in [0.717, 1.165) is 0 Å². The van der Waals surface area contributed by atoms with Crippen molar-refractivity contribution in [1.82, 2.24) is 0 Å². The van der Waals surface area contributed by atoms with Gasteiger partial charge in [-0.2, -0.15) is 0 Å². The Balaban J connectivity index is 2.89. The smallest absolute Gasteiger partial charge is 0.307 e. The summed E-state index contributed by atoms with van der Waals surface area (Å²) in [7, 11) is 0. The zero-order valence-corrected chi connectivity index (χ0v) is 10.6. The van der Waals surface area contributed by atoms with Crippen LogP contribution in [-0.4, -0.2) is 17.5 Å². The van der Waals surface area contributed by atoms with Crippen molar-refractivity contribution >= 4 is 11.9 Å². The minimum absolute atomic E-state index is 0.0990. The molecule has 1 rings (SSSR count). The minimum atomic E-state index is -0.717. The van der Waals surface area contributed by atoms with E-state index in [2.05, 4.69) is 0 Å². The third-order valence-electron chi connectivity index (χ3n) is 2.70. The topological polar surface area (TPSA) is 52.6 Å². The molecule has 4 nitrogen and oxygen atoms in total. The van der Waals surface area contributed by atoms with Gasteiger partial charge >= 0.3 is 11.9 Å². The van der Waals surface area contributed by atoms with E-state index in [1.165, 1.54) is 13.8 Å². The highest BCUT2D eigenvalue weighted by Gasteiger charge is 2.37. The molecule has 0 spiro atoms. The van der Waals surface area contributed by atoms with Crippen LogP contribution < -0.4 is 0 Å². The fourth-order valence-electron chi connectivity index (χ4n) is 1.82. The van der Waals surface area contributed by atoms with Crippen LogP contribution >= 0.6 is 0 Å². The van der Waals surface area contributed by atoms with Crippen LogP contribution in [0.2, 0.25) is 0 Å². The molecule has 1 aliphatic rings. The summed E-state index contributed by atoms with van der Waals surface area (Å²) in [6, 6.07) is 0. The Morgan fingerprint density at radius 1 is 1.29 bits per heavy atom. The van der Waals surface area contributed by atoms with E-state index in [9.17, 15) is 9.59 Å². The van der Waals surface area contributed by atoms with Gasteiger partial charge < -0.3 is 9.47 Å². The predicted molar refractivity (Wildman–Crippen MR) is 62.9 cm³/mol. The lowest BCUT2D eigenvalue weighted by atomic mass is 9.83. The van der Waals surface area contributed by atoms with Gasteiger partial charge in [-0.15, -0.1) is 0 Å². The molecule has 0 aromatic carbocycles. The van der Waals surface area contributed by atoms with Crippen LogP contribution in [-0.2, 0) is 19.1 Å². The van der Waals surface area contributed by atoms with Crippen LogP contribution in [0.5, 0.6) is 0 Å². The van der Waals surface area contributed by atoms with Crippen molar-refractivity contribution in [2.24, 2.45) is 5.92 Å². The number of allylic oxidation sites excluding steroid dienone is 2. The van der Waals surface area contributed by atoms with E-state index in [4.69, 9.17) is 9.47 Å². The van der Waals surface area contributed by atoms with Crippen LogP contribution in [0, 0.1) is 5.92 Å². The second-order valence-corrected chi connectivity index (χ2v) is 4.47. The molecular formula is C13H18O4. The van der Waals surface area contributed by atoms with Crippen LogP contribution in [0.15, 0.2) is 24.0 Å². The van der Waals surface area contributed by atoms with E-state index in [0.29, 0.717) is 12.2 Å². The van der Waals surface area contributed by atoms with Crippen molar-refractivity contribution in [3.63, 3.8) is 0 Å². The van der Waals surface area contributed by atoms with Gasteiger partial charge in [0.15, 0.2) is 0 Å². The van der Waals surface area contributed by atoms with Crippen LogP contribution in [0.4, 0.5) is 0 Å². The molecule has 0 aliphatic heterocycles. The zero-order valence-electron chi connectivity index (χ0n) is 10.6. The average Bonchev–Trinajstić information content (AvgIpc) is 2.15. The quantitative estimate of drug-likeness (QED) is 0.708. The van der Waals surface area contributed by atoms with Gasteiger partial charge in [0.2, 0.25) is 0 Å². The number of hydrogen-bond acceptors (Lipinski definition) is 4. The molecule has 1 unspecified atom stereocenters. The summed E-state index contributed by atoms with van der Waals surface area (Å²) >= 11 is 0. The normalized spacial score (nSPS) is 23.2. The Kier molecular flexibility index (Phi) is 4.10. The lowest BCUT2D eigenvalue weighted by Gasteiger charge is -2.35. The molecule has 0 radical (unpaired) electrons. The number of esters is 2. The fraction of sp³-hybridized carbons (Fsp3) is 0.538. The van der Waals surface area contributed by atoms with Crippen molar-refractivity contribution in [2.75, 3.05) is 0 Å². The van der Waals surface area contributed by atoms with Gasteiger partial charge in [-0.1, -0.05) is 19.9 Å². The largest absolute Gasteiger partial charge is 0.454 e. The molecule has 0 heterocycles. The molecule has 0 saturated carbocycles. The number of ether oxygens (including phenoxy) is 2. The predicted octanol–water partition coefficient (Wildman–Crippen LogP) is 2.35. The number of carbonyl (C=O) groups excluding carboxylic acids is 2. The first-order chi connectivity index (χ1) is 7.85. The second kappa shape index (κ2) is 5.17. The van der Waals surface area contributed by atoms with Gasteiger partial charge in [-0.25, -0.2) is 0 Å². The number of rotatable bonds is 3. The SMILES string of the molecule is CC(=O)OC1=CC=CC(OC(C)=O)(C(C)C)C1. The van der Waals surface area contributed by atoms with E-state index in [1.54, 1.807) is 12.2 Å². The van der Waals surface area contributed by atoms with Crippen molar-refractivity contribution in [3.8, 4) is 0 Å². The molecule has 4 heteroatoms. The standard InChI is InChI=1S/C13H18O4/c1-9(2)13(17-11(4)15)7-5-6-12(8-13)16-10(3)14/h5-7,9H,8H2,1-4H3. The summed E-state index contributed by atoms with van der Waals surface area (Å²) in [5.41, 5.74) is -0.717. The molecule has 0 N–H and O–H groups in total. The highest BCUT2D eigenvalue weighted by molar-refractivity contribution is 5.68. The van der Waals surface area contributed by atoms with E-state index >= 15 is 0 Å². The molecular weight excluding hydrogens is 220 g/mol. The lowest BCUT2D eigenvalue weighted by molar-refractivity contribution is -0.157. The maximum Gasteiger partial charge on any atom is 0.307 e. The average molecular weight is 238 g/mol. The van der Waals surface area contributed by atoms with Crippen molar-refractivity contribution in [2.45, 2.75) is 39.7 Å². The molecule has 1 atom stereocenters. The maximum absolute atomic E-state index is 11.2. The molecule has 17 heavy (non-hydrogen) atoms. The molecule has 0 amide bonds. The third-order valence-corrected chi connectivity index (χ3v) is 2.70. The van der Waals surface area contributed by atoms with Crippen molar-refractivity contribution in [1.29, 1.82) is 0 Å². The molecule has 94 valence electrons. The van der Waals surface area contributed by atoms with Crippen LogP contribution in [0.3, 0.4) is 0 Å². The van der Waals surface area contributed by atoms with Crippen LogP contribution in [0.1, 0.15) is 34.1 Å². The first-order valence-corrected chi connectivity index (χ1v) is 5.62. The minimum Gasteiger partial charge on any atom is -0.454 e. The maximum atomic E-state index is 11.2. The molecule has 1 aliphatic carbocycles. The number of carbonyl (C=O) groups is 2. The van der Waals surface area contributed by atoms with Gasteiger partial charge in [0.25, 0.3) is 0 Å². The monoisotopic (exact) mass is 238 g/mol. The van der Waals surface area contributed by atoms with E-state index in [1.807, 2.05) is 19.9 Å². The van der Waals surface area contributed by atoms with Crippen molar-refractivity contribution < 1.29 is 19.1 Å². The van der Waals surface area contributed by atoms with Crippen molar-refractivity contribution in [3.05, 3.63) is 24.0 Å². The Bertz CT molecular complexity index is 379. The second-order valence-electron chi connectivity index (χ2n) is 4.47. The highest BCUT2D eigenvalue weighted by Crippen LogP contribution is 2.34. The summed E-state index contributed by atoms with van der Waals surface area (Å²) in [6.07, 6.45) is 5.70. The van der Waals surface area contributed by atoms with Gasteiger partial charge in [-0.3, -0.25) is 9.59 Å². The Hall–Kier alpha value is -1.58. The first kappa shape index (κ1) is 13.5. The summed E-state index contributed by atoms with van der Waals surface area (Å²) in [6.45, 7) is 6.65. The van der Waals surface area contributed by atoms with Crippen LogP contribution in [0.25, 0.3) is 0 Å². The van der Waals surface area contributed by atoms with Gasteiger partial charge in [0.05, 0.1) is 0 Å². The van der Waals surface area contributed by atoms with E-state index < -0.39 is 5.60 Å².